The quantitative estimate of drug-likeness (QED) is 0.0596. The number of hydrogen-bond donors (Lipinski definition) is 10. The summed E-state index contributed by atoms with van der Waals surface area (Å²) in [5.74, 6) is -8.43. The number of carboxylic acid groups (broad SMARTS) is 1. The molecule has 59 heavy (non-hydrogen) atoms. The number of aliphatic hydroxyl groups excluding tert-OH is 1. The summed E-state index contributed by atoms with van der Waals surface area (Å²) in [5.41, 5.74) is 6.81. The predicted octanol–water partition coefficient (Wildman–Crippen LogP) is -2.32. The van der Waals surface area contributed by atoms with E-state index in [1.807, 2.05) is 0 Å². The van der Waals surface area contributed by atoms with E-state index in [0.717, 1.165) is 0 Å². The maximum absolute atomic E-state index is 13.6. The summed E-state index contributed by atoms with van der Waals surface area (Å²) < 4.78 is 0. The molecule has 1 aliphatic rings. The number of likely N-dealkylation sites (tertiary alicyclic amines) is 1. The molecular formula is C39H52N8O11S. The van der Waals surface area contributed by atoms with Gasteiger partial charge in [0.2, 0.25) is 47.3 Å². The first kappa shape index (κ1) is 47.4. The van der Waals surface area contributed by atoms with Gasteiger partial charge in [-0.1, -0.05) is 60.7 Å². The molecule has 0 aromatic heterocycles. The number of aliphatic carboxylic acids is 1. The Bertz CT molecular complexity index is 1830. The van der Waals surface area contributed by atoms with E-state index >= 15 is 0 Å². The summed E-state index contributed by atoms with van der Waals surface area (Å²) in [6, 6.07) is 7.83. The first-order valence-corrected chi connectivity index (χ1v) is 19.5. The smallest absolute Gasteiger partial charge is 0.305 e. The molecule has 0 unspecified atom stereocenters. The number of carboxylic acids is 1. The van der Waals surface area contributed by atoms with Crippen molar-refractivity contribution in [3.8, 4) is 0 Å². The Morgan fingerprint density at radius 1 is 0.712 bits per heavy atom. The number of thiol groups is 1. The molecule has 0 aliphatic carbocycles. The zero-order chi connectivity index (χ0) is 43.8. The molecule has 1 saturated heterocycles. The van der Waals surface area contributed by atoms with Gasteiger partial charge in [0.25, 0.3) is 0 Å². The third-order valence-electron chi connectivity index (χ3n) is 9.46. The summed E-state index contributed by atoms with van der Waals surface area (Å²) >= 11 is 4.09. The number of carbonyl (C=O) groups excluding carboxylic acids is 8. The van der Waals surface area contributed by atoms with E-state index in [1.165, 1.54) is 25.7 Å². The highest BCUT2D eigenvalue weighted by Crippen LogP contribution is 2.18. The van der Waals surface area contributed by atoms with Crippen LogP contribution in [0.5, 0.6) is 0 Å². The van der Waals surface area contributed by atoms with Crippen LogP contribution in [0.15, 0.2) is 60.7 Å². The predicted molar refractivity (Wildman–Crippen MR) is 215 cm³/mol. The van der Waals surface area contributed by atoms with Gasteiger partial charge in [-0.05, 0) is 37.8 Å². The Labute approximate surface area is 346 Å². The Hall–Kier alpha value is -6.02. The van der Waals surface area contributed by atoms with E-state index in [9.17, 15) is 53.4 Å². The Kier molecular flexibility index (Phi) is 18.3. The second kappa shape index (κ2) is 22.8. The third kappa shape index (κ3) is 14.7. The number of primary amides is 1. The Morgan fingerprint density at radius 3 is 1.73 bits per heavy atom. The van der Waals surface area contributed by atoms with E-state index in [4.69, 9.17) is 5.73 Å². The lowest BCUT2D eigenvalue weighted by Gasteiger charge is -2.28. The van der Waals surface area contributed by atoms with Crippen LogP contribution in [0.1, 0.15) is 51.2 Å². The van der Waals surface area contributed by atoms with Crippen molar-refractivity contribution in [1.29, 1.82) is 0 Å². The lowest BCUT2D eigenvalue weighted by molar-refractivity contribution is -0.141. The maximum atomic E-state index is 13.6. The second-order valence-corrected chi connectivity index (χ2v) is 14.5. The van der Waals surface area contributed by atoms with Gasteiger partial charge >= 0.3 is 5.97 Å². The van der Waals surface area contributed by atoms with Gasteiger partial charge in [-0.3, -0.25) is 43.2 Å². The average Bonchev–Trinajstić information content (AvgIpc) is 3.69. The van der Waals surface area contributed by atoms with Gasteiger partial charge < -0.3 is 52.7 Å². The van der Waals surface area contributed by atoms with Gasteiger partial charge in [0.1, 0.15) is 42.3 Å². The fourth-order valence-electron chi connectivity index (χ4n) is 6.26. The summed E-state index contributed by atoms with van der Waals surface area (Å²) in [7, 11) is 0. The second-order valence-electron chi connectivity index (χ2n) is 14.1. The maximum Gasteiger partial charge on any atom is 0.305 e. The van der Waals surface area contributed by atoms with Crippen molar-refractivity contribution >= 4 is 65.9 Å². The highest BCUT2D eigenvalue weighted by Gasteiger charge is 2.37. The molecule has 1 aliphatic heterocycles. The molecule has 0 bridgehead atoms. The van der Waals surface area contributed by atoms with Crippen LogP contribution in [0.3, 0.4) is 0 Å². The van der Waals surface area contributed by atoms with Crippen LogP contribution < -0.4 is 37.6 Å². The van der Waals surface area contributed by atoms with E-state index in [0.29, 0.717) is 30.5 Å². The molecule has 19 nitrogen and oxygen atoms in total. The van der Waals surface area contributed by atoms with Gasteiger partial charge in [-0.2, -0.15) is 12.6 Å². The standard InChI is InChI=1S/C39H52N8O11S/c1-21(41-35(54)27(18-25-13-8-5-9-14-25)44-38(57)30-15-10-16-47(30)23(3)49)34(53)46-32(22(2)48)39(58)45-29(20-59)37(56)43-28(19-31(50)51)36(55)42-26(33(40)52)17-24-11-6-4-7-12-24/h4-9,11-14,21-22,26-30,32,48,59H,10,15-20H2,1-3H3,(H2,40,52)(H,41,54)(H,42,55)(H,43,56)(H,44,57)(H,45,58)(H,46,53)(H,50,51)/t21-,22+,26-,27-,28-,29-,30-,32-/m0/s1. The highest BCUT2D eigenvalue weighted by atomic mass is 32.1. The molecule has 2 aromatic rings. The minimum atomic E-state index is -1.73. The van der Waals surface area contributed by atoms with Crippen molar-refractivity contribution in [3.05, 3.63) is 71.8 Å². The molecule has 3 rings (SSSR count). The number of nitrogens with two attached hydrogens (primary N) is 1. The molecule has 8 atom stereocenters. The minimum Gasteiger partial charge on any atom is -0.481 e. The summed E-state index contributed by atoms with van der Waals surface area (Å²) in [6.45, 7) is 4.24. The van der Waals surface area contributed by atoms with E-state index < -0.39 is 102 Å². The molecule has 0 radical (unpaired) electrons. The molecule has 320 valence electrons. The molecule has 0 spiro atoms. The third-order valence-corrected chi connectivity index (χ3v) is 9.83. The lowest BCUT2D eigenvalue weighted by Crippen LogP contribution is -2.62. The molecule has 20 heteroatoms. The number of hydrogen-bond acceptors (Lipinski definition) is 11. The van der Waals surface area contributed by atoms with Crippen LogP contribution >= 0.6 is 12.6 Å². The van der Waals surface area contributed by atoms with Crippen molar-refractivity contribution in [2.45, 2.75) is 101 Å². The van der Waals surface area contributed by atoms with Gasteiger partial charge in [-0.15, -0.1) is 0 Å². The van der Waals surface area contributed by atoms with Crippen LogP contribution in [-0.2, 0) is 56.0 Å². The largest absolute Gasteiger partial charge is 0.481 e. The average molecular weight is 841 g/mol. The van der Waals surface area contributed by atoms with Gasteiger partial charge in [-0.25, -0.2) is 0 Å². The molecule has 1 fully saturated rings. The minimum absolute atomic E-state index is 0.0218. The molecule has 0 saturated carbocycles. The Morgan fingerprint density at radius 2 is 1.22 bits per heavy atom. The van der Waals surface area contributed by atoms with Gasteiger partial charge in [0.05, 0.1) is 12.5 Å². The van der Waals surface area contributed by atoms with Gasteiger partial charge in [0, 0.05) is 32.1 Å². The van der Waals surface area contributed by atoms with Gasteiger partial charge in [0.15, 0.2) is 0 Å². The van der Waals surface area contributed by atoms with Crippen LogP contribution in [-0.4, -0.2) is 129 Å². The van der Waals surface area contributed by atoms with E-state index in [2.05, 4.69) is 44.5 Å². The SMILES string of the molecule is CC(=O)N1CCC[C@H]1C(=O)N[C@@H](Cc1ccccc1)C(=O)N[C@@H](C)C(=O)N[C@H](C(=O)N[C@@H](CS)C(=O)N[C@@H](CC(=O)O)C(=O)N[C@@H](Cc1ccccc1)C(N)=O)[C@@H](C)O. The lowest BCUT2D eigenvalue weighted by atomic mass is 10.0. The van der Waals surface area contributed by atoms with Crippen LogP contribution in [0, 0.1) is 0 Å². The summed E-state index contributed by atoms with van der Waals surface area (Å²) in [5, 5.41) is 34.4. The van der Waals surface area contributed by atoms with E-state index in [-0.39, 0.29) is 24.5 Å². The number of aliphatic hydroxyl groups is 1. The summed E-state index contributed by atoms with van der Waals surface area (Å²) in [6.07, 6.45) is -1.42. The highest BCUT2D eigenvalue weighted by molar-refractivity contribution is 7.80. The number of rotatable bonds is 21. The van der Waals surface area contributed by atoms with Crippen LogP contribution in [0.2, 0.25) is 0 Å². The van der Waals surface area contributed by atoms with Crippen molar-refractivity contribution < 1.29 is 53.4 Å². The first-order valence-electron chi connectivity index (χ1n) is 18.9. The van der Waals surface area contributed by atoms with Crippen molar-refractivity contribution in [3.63, 3.8) is 0 Å². The molecule has 1 heterocycles. The zero-order valence-corrected chi connectivity index (χ0v) is 33.8. The van der Waals surface area contributed by atoms with E-state index in [1.54, 1.807) is 60.7 Å². The number of carbonyl (C=O) groups is 9. The van der Waals surface area contributed by atoms with Crippen LogP contribution in [0.4, 0.5) is 0 Å². The monoisotopic (exact) mass is 840 g/mol. The number of nitrogens with zero attached hydrogens (tertiary/aromatic N) is 1. The topological polar surface area (TPSA) is 296 Å². The molecule has 10 N–H and O–H groups in total. The fraction of sp³-hybridized carbons (Fsp3) is 0.462. The number of amides is 8. The Balaban J connectivity index is 1.67. The summed E-state index contributed by atoms with van der Waals surface area (Å²) in [4.78, 5) is 117. The first-order chi connectivity index (χ1) is 27.9. The molecule has 8 amide bonds. The fourth-order valence-corrected chi connectivity index (χ4v) is 6.52. The molecule has 2 aromatic carbocycles. The van der Waals surface area contributed by atoms with Crippen LogP contribution in [0.25, 0.3) is 0 Å². The van der Waals surface area contributed by atoms with Crippen molar-refractivity contribution in [1.82, 2.24) is 36.8 Å². The number of benzene rings is 2. The molecular weight excluding hydrogens is 789 g/mol. The van der Waals surface area contributed by atoms with Crippen molar-refractivity contribution in [2.24, 2.45) is 5.73 Å². The zero-order valence-electron chi connectivity index (χ0n) is 32.9. The number of nitrogens with one attached hydrogen (secondary N) is 6. The normalized spacial score (nSPS) is 17.0. The van der Waals surface area contributed by atoms with Crippen molar-refractivity contribution in [2.75, 3.05) is 12.3 Å².